The molecule has 9 nitrogen and oxygen atoms in total. The molecule has 4 unspecified atom stereocenters. The van der Waals surface area contributed by atoms with Crippen molar-refractivity contribution in [2.24, 2.45) is 28.2 Å². The molecule has 3 aromatic rings. The van der Waals surface area contributed by atoms with Crippen LogP contribution in [0, 0.1) is 29.0 Å². The summed E-state index contributed by atoms with van der Waals surface area (Å²) in [5.41, 5.74) is 2.32. The van der Waals surface area contributed by atoms with Gasteiger partial charge in [0, 0.05) is 44.5 Å². The molecule has 1 aliphatic heterocycles. The van der Waals surface area contributed by atoms with Gasteiger partial charge in [-0.3, -0.25) is 14.3 Å². The number of aryl methyl sites for hydroxylation is 2. The van der Waals surface area contributed by atoms with Gasteiger partial charge in [0.05, 0.1) is 30.4 Å². The lowest BCUT2D eigenvalue weighted by Crippen LogP contribution is -2.57. The zero-order chi connectivity index (χ0) is 33.3. The van der Waals surface area contributed by atoms with E-state index in [2.05, 4.69) is 59.9 Å². The fourth-order valence-electron chi connectivity index (χ4n) is 8.06. The van der Waals surface area contributed by atoms with E-state index < -0.39 is 0 Å². The number of hydrogen-bond donors (Lipinski definition) is 1. The number of rotatable bonds is 10. The predicted octanol–water partition coefficient (Wildman–Crippen LogP) is 5.19. The second-order valence-electron chi connectivity index (χ2n) is 14.8. The third kappa shape index (κ3) is 7.18. The van der Waals surface area contributed by atoms with Crippen molar-refractivity contribution in [1.82, 2.24) is 24.3 Å². The first kappa shape index (κ1) is 33.4. The van der Waals surface area contributed by atoms with Crippen molar-refractivity contribution in [2.45, 2.75) is 59.0 Å². The zero-order valence-electron chi connectivity index (χ0n) is 29.0. The number of piperazine rings is 1. The molecule has 1 saturated heterocycles. The Balaban J connectivity index is 1.18. The van der Waals surface area contributed by atoms with Crippen LogP contribution in [0.25, 0.3) is 10.9 Å². The average molecular weight is 646 g/mol. The topological polar surface area (TPSA) is 78.2 Å². The highest BCUT2D eigenvalue weighted by Gasteiger charge is 2.56. The number of anilines is 1. The molecular weight excluding hydrogens is 593 g/mol. The average Bonchev–Trinajstić information content (AvgIpc) is 3.05. The highest BCUT2D eigenvalue weighted by molar-refractivity contribution is 5.96. The van der Waals surface area contributed by atoms with Crippen LogP contribution in [-0.2, 0) is 13.0 Å². The number of benzene rings is 2. The van der Waals surface area contributed by atoms with Crippen LogP contribution in [0.3, 0.4) is 0 Å². The van der Waals surface area contributed by atoms with Gasteiger partial charge in [-0.1, -0.05) is 26.8 Å². The molecule has 0 spiro atoms. The van der Waals surface area contributed by atoms with Crippen LogP contribution >= 0.6 is 0 Å². The van der Waals surface area contributed by atoms with Gasteiger partial charge >= 0.3 is 0 Å². The lowest BCUT2D eigenvalue weighted by molar-refractivity contribution is -0.108. The van der Waals surface area contributed by atoms with Crippen LogP contribution < -0.4 is 15.6 Å². The smallest absolute Gasteiger partial charge is 0.261 e. The molecule has 2 bridgehead atoms. The maximum absolute atomic E-state index is 14.5. The van der Waals surface area contributed by atoms with Gasteiger partial charge in [0.2, 0.25) is 0 Å². The van der Waals surface area contributed by atoms with E-state index in [1.165, 1.54) is 26.0 Å². The molecule has 0 amide bonds. The number of hydrogen-bond acceptors (Lipinski definition) is 6. The fourth-order valence-corrected chi connectivity index (χ4v) is 8.06. The number of halogens is 1. The Morgan fingerprint density at radius 3 is 2.57 bits per heavy atom. The van der Waals surface area contributed by atoms with Crippen LogP contribution in [-0.4, -0.2) is 96.7 Å². The van der Waals surface area contributed by atoms with Gasteiger partial charge in [-0.25, -0.2) is 14.4 Å². The number of methoxy groups -OCH3 is 1. The molecule has 1 aromatic heterocycles. The fraction of sp³-hybridized carbons (Fsp3) is 0.595. The number of fused-ring (bicyclic) bond motifs is 3. The van der Waals surface area contributed by atoms with Crippen molar-refractivity contribution in [3.63, 3.8) is 0 Å². The van der Waals surface area contributed by atoms with Crippen LogP contribution in [0.2, 0.25) is 0 Å². The Morgan fingerprint density at radius 2 is 1.89 bits per heavy atom. The summed E-state index contributed by atoms with van der Waals surface area (Å²) in [4.78, 5) is 30.7. The van der Waals surface area contributed by atoms with E-state index in [0.29, 0.717) is 52.6 Å². The summed E-state index contributed by atoms with van der Waals surface area (Å²) in [7, 11) is 5.78. The third-order valence-electron chi connectivity index (χ3n) is 11.3. The highest BCUT2D eigenvalue weighted by atomic mass is 19.1. The lowest BCUT2D eigenvalue weighted by atomic mass is 9.45. The van der Waals surface area contributed by atoms with Crippen LogP contribution in [0.5, 0.6) is 5.75 Å². The first-order valence-corrected chi connectivity index (χ1v) is 17.3. The van der Waals surface area contributed by atoms with E-state index in [1.54, 1.807) is 23.0 Å². The highest BCUT2D eigenvalue weighted by Crippen LogP contribution is 2.61. The van der Waals surface area contributed by atoms with Crippen molar-refractivity contribution in [1.29, 1.82) is 0 Å². The quantitative estimate of drug-likeness (QED) is 0.240. The Labute approximate surface area is 278 Å². The normalized spacial score (nSPS) is 24.4. The van der Waals surface area contributed by atoms with Gasteiger partial charge in [-0.2, -0.15) is 0 Å². The predicted molar refractivity (Wildman–Crippen MR) is 188 cm³/mol. The molecule has 1 N–H and O–H groups in total. The molecule has 10 heteroatoms. The first-order chi connectivity index (χ1) is 22.5. The second kappa shape index (κ2) is 13.9. The summed E-state index contributed by atoms with van der Waals surface area (Å²) in [6.45, 7) is 13.7. The molecule has 4 aliphatic rings. The Bertz CT molecular complexity index is 1650. The summed E-state index contributed by atoms with van der Waals surface area (Å²) >= 11 is 0. The van der Waals surface area contributed by atoms with Gasteiger partial charge < -0.3 is 19.9 Å². The molecule has 4 atom stereocenters. The van der Waals surface area contributed by atoms with E-state index in [-0.39, 0.29) is 11.4 Å². The van der Waals surface area contributed by atoms with Gasteiger partial charge in [-0.05, 0) is 106 Å². The van der Waals surface area contributed by atoms with Crippen LogP contribution in [0.4, 0.5) is 10.1 Å². The molecule has 0 radical (unpaired) electrons. The number of ether oxygens (including phenoxy) is 1. The minimum absolute atomic E-state index is 0.132. The second-order valence-corrected chi connectivity index (χ2v) is 14.8. The molecule has 47 heavy (non-hydrogen) atoms. The van der Waals surface area contributed by atoms with Crippen LogP contribution in [0.15, 0.2) is 52.5 Å². The minimum atomic E-state index is -0.339. The summed E-state index contributed by atoms with van der Waals surface area (Å²) in [6.07, 6.45) is 5.59. The lowest BCUT2D eigenvalue weighted by Gasteiger charge is -2.61. The summed E-state index contributed by atoms with van der Waals surface area (Å²) in [6, 6.07) is 10.9. The molecular formula is C37H52FN7O2. The number of nitrogens with one attached hydrogen (secondary N) is 1. The van der Waals surface area contributed by atoms with Crippen molar-refractivity contribution in [3.8, 4) is 5.75 Å². The zero-order valence-corrected chi connectivity index (χ0v) is 29.0. The number of aromatic nitrogens is 2. The largest absolute Gasteiger partial charge is 0.497 e. The standard InChI is InChI=1S/C37H52FN7O2/c1-25-31-20-27(37(31,2)3)21-33(25)41-36(44-18-16-43(17-19-44)14-7-13-42(4)5)40-28-9-11-30-34(22-28)39-24-45(35(30)46)15-12-26-8-10-29(47-6)23-32(26)38/h8-11,22-25,27,31,33H,7,12-21H2,1-6H3,(H,40,41). The number of guanidine groups is 1. The van der Waals surface area contributed by atoms with Gasteiger partial charge in [0.15, 0.2) is 5.96 Å². The molecule has 7 rings (SSSR count). The number of nitrogens with zero attached hydrogens (tertiary/aromatic N) is 6. The van der Waals surface area contributed by atoms with E-state index in [4.69, 9.17) is 9.73 Å². The van der Waals surface area contributed by atoms with Gasteiger partial charge in [0.25, 0.3) is 5.56 Å². The van der Waals surface area contributed by atoms with E-state index in [9.17, 15) is 9.18 Å². The maximum atomic E-state index is 14.5. The monoisotopic (exact) mass is 645 g/mol. The van der Waals surface area contributed by atoms with Gasteiger partial charge in [0.1, 0.15) is 11.6 Å². The Kier molecular flexibility index (Phi) is 9.90. The summed E-state index contributed by atoms with van der Waals surface area (Å²) in [5, 5.41) is 4.22. The third-order valence-corrected chi connectivity index (χ3v) is 11.3. The summed E-state index contributed by atoms with van der Waals surface area (Å²) < 4.78 is 21.1. The Hall–Kier alpha value is -3.50. The molecule has 254 valence electrons. The molecule has 3 saturated carbocycles. The van der Waals surface area contributed by atoms with Crippen LogP contribution in [0.1, 0.15) is 45.6 Å². The van der Waals surface area contributed by atoms with Crippen molar-refractivity contribution in [2.75, 3.05) is 65.8 Å². The first-order valence-electron chi connectivity index (χ1n) is 17.3. The van der Waals surface area contributed by atoms with Crippen molar-refractivity contribution < 1.29 is 9.13 Å². The van der Waals surface area contributed by atoms with Crippen molar-refractivity contribution in [3.05, 3.63) is 64.5 Å². The Morgan fingerprint density at radius 1 is 1.11 bits per heavy atom. The number of aliphatic imine (C=N–C) groups is 1. The van der Waals surface area contributed by atoms with E-state index >= 15 is 0 Å². The summed E-state index contributed by atoms with van der Waals surface area (Å²) in [5.74, 6) is 3.07. The SMILES string of the molecule is COc1ccc(CCn2cnc3cc(NC(=NC4CC5CC(C4C)C5(C)C)N4CCN(CCCN(C)C)CC4)ccc3c2=O)c(F)c1. The minimum Gasteiger partial charge on any atom is -0.497 e. The van der Waals surface area contributed by atoms with E-state index in [0.717, 1.165) is 69.2 Å². The molecule has 3 aliphatic carbocycles. The molecule has 2 heterocycles. The van der Waals surface area contributed by atoms with Crippen molar-refractivity contribution >= 4 is 22.5 Å². The maximum Gasteiger partial charge on any atom is 0.261 e. The van der Waals surface area contributed by atoms with Gasteiger partial charge in [-0.15, -0.1) is 0 Å². The van der Waals surface area contributed by atoms with E-state index in [1.807, 2.05) is 18.2 Å². The molecule has 4 fully saturated rings. The molecule has 2 aromatic carbocycles.